The van der Waals surface area contributed by atoms with Gasteiger partial charge in [-0.15, -0.1) is 0 Å². The van der Waals surface area contributed by atoms with Crippen LogP contribution in [0.4, 0.5) is 31.5 Å². The number of benzene rings is 2. The minimum Gasteiger partial charge on any atom is -0.444 e. The second-order valence-electron chi connectivity index (χ2n) is 14.3. The number of hydrazine groups is 1. The molecule has 0 aromatic heterocycles. The van der Waals surface area contributed by atoms with E-state index in [1.54, 1.807) is 34.6 Å². The molecule has 0 radical (unpaired) electrons. The molecular formula is C34H42F5N3O11S. The lowest BCUT2D eigenvalue weighted by Crippen LogP contribution is -2.53. The van der Waals surface area contributed by atoms with Gasteiger partial charge >= 0.3 is 34.4 Å². The Balaban J connectivity index is 1.41. The number of nitrogens with one attached hydrogen (secondary N) is 1. The first-order valence-electron chi connectivity index (χ1n) is 16.9. The van der Waals surface area contributed by atoms with Crippen LogP contribution in [0.3, 0.4) is 0 Å². The van der Waals surface area contributed by atoms with Gasteiger partial charge in [-0.2, -0.15) is 30.4 Å². The van der Waals surface area contributed by atoms with Crippen molar-refractivity contribution < 1.29 is 72.6 Å². The molecule has 1 N–H and O–H groups in total. The van der Waals surface area contributed by atoms with Gasteiger partial charge in [0.1, 0.15) is 28.9 Å². The number of halogens is 5. The van der Waals surface area contributed by atoms with Gasteiger partial charge in [0.15, 0.2) is 6.29 Å². The quantitative estimate of drug-likeness (QED) is 0.121. The molecule has 0 saturated carbocycles. The number of hydrogen-bond donors (Lipinski definition) is 1. The molecule has 3 heterocycles. The van der Waals surface area contributed by atoms with Crippen LogP contribution in [0.15, 0.2) is 48.5 Å². The Morgan fingerprint density at radius 1 is 1.00 bits per heavy atom. The molecule has 0 unspecified atom stereocenters. The Labute approximate surface area is 308 Å². The van der Waals surface area contributed by atoms with Gasteiger partial charge in [-0.3, -0.25) is 10.3 Å². The van der Waals surface area contributed by atoms with Crippen molar-refractivity contribution in [3.63, 3.8) is 0 Å². The Bertz CT molecular complexity index is 1720. The van der Waals surface area contributed by atoms with E-state index in [2.05, 4.69) is 14.3 Å². The van der Waals surface area contributed by atoms with E-state index in [0.29, 0.717) is 24.2 Å². The summed E-state index contributed by atoms with van der Waals surface area (Å²) < 4.78 is 125. The van der Waals surface area contributed by atoms with Crippen molar-refractivity contribution in [1.82, 2.24) is 15.3 Å². The number of alkyl halides is 5. The number of rotatable bonds is 12. The fourth-order valence-corrected chi connectivity index (χ4v) is 6.88. The lowest BCUT2D eigenvalue weighted by Gasteiger charge is -2.35. The monoisotopic (exact) mass is 795 g/mol. The highest BCUT2D eigenvalue weighted by atomic mass is 32.2. The Kier molecular flexibility index (Phi) is 12.2. The van der Waals surface area contributed by atoms with Gasteiger partial charge < -0.3 is 32.6 Å². The summed E-state index contributed by atoms with van der Waals surface area (Å²) in [5.74, 6) is -0.812. The lowest BCUT2D eigenvalue weighted by molar-refractivity contribution is -0.0909. The maximum atomic E-state index is 13.7. The molecular weight excluding hydrogens is 753 g/mol. The second-order valence-corrected chi connectivity index (χ2v) is 15.9. The molecule has 3 aliphatic rings. The van der Waals surface area contributed by atoms with E-state index in [0.717, 1.165) is 12.1 Å². The minimum absolute atomic E-state index is 0.000445. The molecule has 14 nitrogen and oxygen atoms in total. The highest BCUT2D eigenvalue weighted by Crippen LogP contribution is 2.37. The second kappa shape index (κ2) is 16.0. The fraction of sp³-hybridized carbons (Fsp3) is 0.588. The number of ether oxygens (including phenoxy) is 6. The van der Waals surface area contributed by atoms with E-state index < -0.39 is 76.0 Å². The Morgan fingerprint density at radius 3 is 2.24 bits per heavy atom. The third-order valence-electron chi connectivity index (χ3n) is 8.64. The molecule has 2 amide bonds. The van der Waals surface area contributed by atoms with Crippen molar-refractivity contribution in [1.29, 1.82) is 0 Å². The normalized spacial score (nSPS) is 24.1. The van der Waals surface area contributed by atoms with Crippen LogP contribution in [0.25, 0.3) is 0 Å². The third kappa shape index (κ3) is 10.4. The van der Waals surface area contributed by atoms with Crippen LogP contribution in [0, 0.1) is 5.92 Å². The van der Waals surface area contributed by atoms with Gasteiger partial charge in [0.2, 0.25) is 0 Å². The van der Waals surface area contributed by atoms with Crippen molar-refractivity contribution >= 4 is 22.3 Å². The minimum atomic E-state index is -5.91. The number of amides is 2. The SMILES string of the molecule is CC(C)(C)OC(=O)N1[C@@H](Cc2ccc(OS(=O)(=O)C(F)(F)F)cc2)[C@H](CN(Cc2ccc(OC(F)F)cc2)NC(=O)O[C@H]2CO[C@H]3OCC[C@H]32)OC1(C)C. The molecule has 5 atom stereocenters. The van der Waals surface area contributed by atoms with Crippen LogP contribution in [-0.4, -0.2) is 98.3 Å². The maximum Gasteiger partial charge on any atom is 0.534 e. The van der Waals surface area contributed by atoms with Gasteiger partial charge in [0, 0.05) is 13.1 Å². The Hall–Kier alpha value is -3.98. The first-order valence-corrected chi connectivity index (χ1v) is 18.3. The van der Waals surface area contributed by atoms with Crippen molar-refractivity contribution in [2.45, 2.75) is 102 Å². The third-order valence-corrected chi connectivity index (χ3v) is 9.62. The van der Waals surface area contributed by atoms with Gasteiger partial charge in [-0.25, -0.2) is 14.6 Å². The topological polar surface area (TPSA) is 151 Å². The molecule has 3 saturated heterocycles. The standard InChI is InChI=1S/C34H42F5N3O11S/c1-32(2,3)52-31(44)42-25(16-20-6-12-23(13-7-20)53-54(45,46)34(37,38)39)26(51-33(42,4)5)18-41(17-21-8-10-22(11-9-21)49-29(35)36)40-30(43)50-27-19-48-28-24(27)14-15-47-28/h6-13,24-29H,14-19H2,1-5H3,(H,40,43)/t24-,25-,26-,27-,28+/m0/s1. The van der Waals surface area contributed by atoms with Crippen LogP contribution in [0.5, 0.6) is 11.5 Å². The van der Waals surface area contributed by atoms with Crippen LogP contribution in [-0.2, 0) is 46.8 Å². The van der Waals surface area contributed by atoms with Crippen LogP contribution in [0.2, 0.25) is 0 Å². The first-order chi connectivity index (χ1) is 25.1. The fourth-order valence-electron chi connectivity index (χ4n) is 6.42. The predicted molar refractivity (Wildman–Crippen MR) is 177 cm³/mol. The highest BCUT2D eigenvalue weighted by Gasteiger charge is 2.52. The number of nitrogens with zero attached hydrogens (tertiary/aromatic N) is 2. The average Bonchev–Trinajstić information content (AvgIpc) is 3.71. The molecule has 0 bridgehead atoms. The van der Waals surface area contributed by atoms with Crippen LogP contribution < -0.4 is 14.3 Å². The van der Waals surface area contributed by atoms with Gasteiger partial charge in [-0.05, 0) is 82.9 Å². The zero-order chi connectivity index (χ0) is 39.6. The Morgan fingerprint density at radius 2 is 1.63 bits per heavy atom. The van der Waals surface area contributed by atoms with Crippen LogP contribution >= 0.6 is 0 Å². The predicted octanol–water partition coefficient (Wildman–Crippen LogP) is 5.70. The average molecular weight is 796 g/mol. The summed E-state index contributed by atoms with van der Waals surface area (Å²) in [4.78, 5) is 28.4. The largest absolute Gasteiger partial charge is 0.534 e. The zero-order valence-corrected chi connectivity index (χ0v) is 30.8. The van der Waals surface area contributed by atoms with Gasteiger partial charge in [0.25, 0.3) is 0 Å². The van der Waals surface area contributed by atoms with Gasteiger partial charge in [-0.1, -0.05) is 24.3 Å². The van der Waals surface area contributed by atoms with E-state index in [9.17, 15) is 40.0 Å². The molecule has 20 heteroatoms. The van der Waals surface area contributed by atoms with E-state index >= 15 is 0 Å². The summed E-state index contributed by atoms with van der Waals surface area (Å²) in [6.07, 6.45) is -2.83. The molecule has 3 aliphatic heterocycles. The van der Waals surface area contributed by atoms with E-state index in [1.165, 1.54) is 46.3 Å². The smallest absolute Gasteiger partial charge is 0.444 e. The van der Waals surface area contributed by atoms with Crippen molar-refractivity contribution in [2.75, 3.05) is 19.8 Å². The summed E-state index contributed by atoms with van der Waals surface area (Å²) in [7, 11) is -5.91. The molecule has 0 aliphatic carbocycles. The summed E-state index contributed by atoms with van der Waals surface area (Å²) in [6.45, 7) is 5.79. The molecule has 2 aromatic carbocycles. The van der Waals surface area contributed by atoms with Crippen molar-refractivity contribution in [2.24, 2.45) is 5.92 Å². The van der Waals surface area contributed by atoms with Gasteiger partial charge in [0.05, 0.1) is 31.3 Å². The first kappa shape index (κ1) is 41.2. The molecule has 5 rings (SSSR count). The zero-order valence-electron chi connectivity index (χ0n) is 30.0. The summed E-state index contributed by atoms with van der Waals surface area (Å²) >= 11 is 0. The van der Waals surface area contributed by atoms with E-state index in [4.69, 9.17) is 23.7 Å². The van der Waals surface area contributed by atoms with E-state index in [-0.39, 0.29) is 37.8 Å². The van der Waals surface area contributed by atoms with Crippen molar-refractivity contribution in [3.8, 4) is 11.5 Å². The summed E-state index contributed by atoms with van der Waals surface area (Å²) in [5.41, 5.74) is -4.09. The molecule has 2 aromatic rings. The number of carbonyl (C=O) groups excluding carboxylic acids is 2. The summed E-state index contributed by atoms with van der Waals surface area (Å²) in [6, 6.07) is 9.67. The number of carbonyl (C=O) groups is 2. The van der Waals surface area contributed by atoms with Crippen LogP contribution in [0.1, 0.15) is 52.2 Å². The van der Waals surface area contributed by atoms with Crippen molar-refractivity contribution in [3.05, 3.63) is 59.7 Å². The molecule has 300 valence electrons. The highest BCUT2D eigenvalue weighted by molar-refractivity contribution is 7.88. The van der Waals surface area contributed by atoms with E-state index in [1.807, 2.05) is 0 Å². The lowest BCUT2D eigenvalue weighted by atomic mass is 9.99. The number of fused-ring (bicyclic) bond motifs is 1. The summed E-state index contributed by atoms with van der Waals surface area (Å²) in [5, 5.41) is 1.47. The number of hydrogen-bond acceptors (Lipinski definition) is 12. The molecule has 54 heavy (non-hydrogen) atoms. The maximum absolute atomic E-state index is 13.7. The molecule has 3 fully saturated rings. The molecule has 0 spiro atoms.